The molecule has 0 aliphatic heterocycles. The van der Waals surface area contributed by atoms with Crippen LogP contribution in [0, 0.1) is 35.8 Å². The molecular formula is C74H41N9. The molecule has 0 unspecified atom stereocenters. The maximum atomic E-state index is 9.44. The molecule has 0 bridgehead atoms. The maximum Gasteiger partial charge on any atom is 0.200 e. The molecule has 0 aliphatic rings. The van der Waals surface area contributed by atoms with Gasteiger partial charge in [0, 0.05) is 60.4 Å². The van der Waals surface area contributed by atoms with Gasteiger partial charge >= 0.3 is 0 Å². The highest BCUT2D eigenvalue weighted by atomic mass is 15.0. The second kappa shape index (κ2) is 19.3. The Morgan fingerprint density at radius 3 is 1.04 bits per heavy atom. The average molecular weight is 1060 g/mol. The third-order valence-corrected chi connectivity index (χ3v) is 16.0. The lowest BCUT2D eigenvalue weighted by Gasteiger charge is -2.16. The van der Waals surface area contributed by atoms with E-state index in [1.807, 2.05) is 66.7 Å². The van der Waals surface area contributed by atoms with Crippen molar-refractivity contribution < 1.29 is 0 Å². The molecule has 4 heterocycles. The first kappa shape index (κ1) is 48.0. The van der Waals surface area contributed by atoms with Crippen LogP contribution in [0.15, 0.2) is 249 Å². The highest BCUT2D eigenvalue weighted by Gasteiger charge is 2.23. The molecule has 83 heavy (non-hydrogen) atoms. The van der Waals surface area contributed by atoms with Crippen LogP contribution in [0.3, 0.4) is 0 Å². The Balaban J connectivity index is 0.820. The molecule has 0 amide bonds. The molecule has 0 aliphatic carbocycles. The molecule has 15 rings (SSSR count). The van der Waals surface area contributed by atoms with E-state index in [9.17, 15) is 10.5 Å². The number of para-hydroxylation sites is 4. The number of rotatable bonds is 8. The van der Waals surface area contributed by atoms with Crippen molar-refractivity contribution in [2.24, 2.45) is 0 Å². The van der Waals surface area contributed by atoms with E-state index in [0.29, 0.717) is 39.7 Å². The fourth-order valence-electron chi connectivity index (χ4n) is 12.1. The zero-order valence-corrected chi connectivity index (χ0v) is 44.2. The van der Waals surface area contributed by atoms with Crippen LogP contribution in [0.25, 0.3) is 148 Å². The van der Waals surface area contributed by atoms with Crippen molar-refractivity contribution in [3.63, 3.8) is 0 Å². The molecule has 0 fully saturated rings. The molecule has 0 saturated carbocycles. The molecule has 4 aromatic heterocycles. The highest BCUT2D eigenvalue weighted by molar-refractivity contribution is 6.15. The largest absolute Gasteiger partial charge is 0.329 e. The quantitative estimate of drug-likeness (QED) is 0.142. The average Bonchev–Trinajstić information content (AvgIpc) is 3.90. The first-order valence-corrected chi connectivity index (χ1v) is 27.1. The van der Waals surface area contributed by atoms with E-state index >= 15 is 0 Å². The van der Waals surface area contributed by atoms with Gasteiger partial charge in [-0.3, -0.25) is 0 Å². The van der Waals surface area contributed by atoms with E-state index in [1.165, 1.54) is 21.5 Å². The Bertz CT molecular complexity index is 4950. The number of hydrogen-bond acceptors (Lipinski definition) is 4. The van der Waals surface area contributed by atoms with Gasteiger partial charge in [0.25, 0.3) is 0 Å². The molecule has 9 nitrogen and oxygen atoms in total. The SMILES string of the molecule is [C-]#[N+]c1cc(-c2ccc(-c3ccc(-c4cc(-c5ccc(C#N)cc5)nc(-c5ccc(C#N)cc5)n4)cc3)cc2)cc([N+]#[C-])c1-n1c2ccc(-n3c4ccccc4c4ccccc43)cc2c2cc(-n3c4ccccc4c4ccccc43)ccc21. The third-order valence-electron chi connectivity index (χ3n) is 16.0. The number of nitriles is 2. The molecule has 382 valence electrons. The summed E-state index contributed by atoms with van der Waals surface area (Å²) in [4.78, 5) is 18.3. The summed E-state index contributed by atoms with van der Waals surface area (Å²) in [5.41, 5.74) is 18.3. The molecule has 15 aromatic rings. The van der Waals surface area contributed by atoms with Crippen LogP contribution in [0.1, 0.15) is 11.1 Å². The van der Waals surface area contributed by atoms with Gasteiger partial charge in [-0.05, 0) is 138 Å². The summed E-state index contributed by atoms with van der Waals surface area (Å²) in [5, 5.41) is 25.6. The van der Waals surface area contributed by atoms with Gasteiger partial charge < -0.3 is 13.7 Å². The van der Waals surface area contributed by atoms with Crippen molar-refractivity contribution >= 4 is 76.8 Å². The minimum Gasteiger partial charge on any atom is -0.329 e. The van der Waals surface area contributed by atoms with Crippen molar-refractivity contribution in [1.82, 2.24) is 23.7 Å². The maximum absolute atomic E-state index is 9.44. The van der Waals surface area contributed by atoms with Crippen molar-refractivity contribution in [2.45, 2.75) is 0 Å². The highest BCUT2D eigenvalue weighted by Crippen LogP contribution is 2.46. The third kappa shape index (κ3) is 7.90. The normalized spacial score (nSPS) is 11.3. The summed E-state index contributed by atoms with van der Waals surface area (Å²) < 4.78 is 6.79. The van der Waals surface area contributed by atoms with Gasteiger partial charge in [-0.15, -0.1) is 0 Å². The lowest BCUT2D eigenvalue weighted by Crippen LogP contribution is -1.97. The van der Waals surface area contributed by atoms with E-state index in [1.54, 1.807) is 24.3 Å². The van der Waals surface area contributed by atoms with Gasteiger partial charge in [0.1, 0.15) is 0 Å². The number of benzene rings is 11. The molecule has 0 spiro atoms. The zero-order chi connectivity index (χ0) is 55.7. The molecule has 0 N–H and O–H groups in total. The van der Waals surface area contributed by atoms with Gasteiger partial charge in [-0.25, -0.2) is 19.7 Å². The number of hydrogen-bond donors (Lipinski definition) is 0. The molecule has 0 atom stereocenters. The fraction of sp³-hybridized carbons (Fsp3) is 0. The number of aromatic nitrogens is 5. The summed E-state index contributed by atoms with van der Waals surface area (Å²) in [6.07, 6.45) is 0. The summed E-state index contributed by atoms with van der Waals surface area (Å²) in [7, 11) is 0. The lowest BCUT2D eigenvalue weighted by molar-refractivity contribution is 1.17. The van der Waals surface area contributed by atoms with E-state index in [2.05, 4.69) is 193 Å². The minimum absolute atomic E-state index is 0.374. The van der Waals surface area contributed by atoms with E-state index in [4.69, 9.17) is 23.1 Å². The van der Waals surface area contributed by atoms with E-state index in [0.717, 1.165) is 99.9 Å². The van der Waals surface area contributed by atoms with Crippen LogP contribution in [-0.2, 0) is 0 Å². The Morgan fingerprint density at radius 1 is 0.313 bits per heavy atom. The molecule has 0 radical (unpaired) electrons. The minimum atomic E-state index is 0.374. The van der Waals surface area contributed by atoms with Gasteiger partial charge in [0.2, 0.25) is 11.4 Å². The summed E-state index contributed by atoms with van der Waals surface area (Å²) in [6.45, 7) is 17.5. The lowest BCUT2D eigenvalue weighted by atomic mass is 9.98. The van der Waals surface area contributed by atoms with Crippen molar-refractivity contribution in [3.8, 4) is 85.4 Å². The number of fused-ring (bicyclic) bond motifs is 9. The van der Waals surface area contributed by atoms with Gasteiger partial charge in [-0.2, -0.15) is 10.5 Å². The van der Waals surface area contributed by atoms with Crippen LogP contribution >= 0.6 is 0 Å². The number of nitrogens with zero attached hydrogens (tertiary/aromatic N) is 9. The second-order valence-electron chi connectivity index (χ2n) is 20.6. The summed E-state index contributed by atoms with van der Waals surface area (Å²) in [5.74, 6) is 0.520. The zero-order valence-electron chi connectivity index (χ0n) is 44.2. The molecule has 9 heteroatoms. The fourth-order valence-corrected chi connectivity index (χ4v) is 12.1. The van der Waals surface area contributed by atoms with Crippen LogP contribution in [-0.4, -0.2) is 23.7 Å². The smallest absolute Gasteiger partial charge is 0.200 e. The van der Waals surface area contributed by atoms with Crippen LogP contribution in [0.5, 0.6) is 0 Å². The van der Waals surface area contributed by atoms with E-state index in [-0.39, 0.29) is 0 Å². The summed E-state index contributed by atoms with van der Waals surface area (Å²) >= 11 is 0. The Hall–Kier alpha value is -12.1. The molecular weight excluding hydrogens is 1010 g/mol. The Labute approximate surface area is 476 Å². The van der Waals surface area contributed by atoms with Crippen LogP contribution in [0.2, 0.25) is 0 Å². The second-order valence-corrected chi connectivity index (χ2v) is 20.6. The Kier molecular flexibility index (Phi) is 11.2. The van der Waals surface area contributed by atoms with Gasteiger partial charge in [0.15, 0.2) is 5.82 Å². The standard InChI is InChI=1S/C74H41N9/c1-77-65-39-54(50-29-27-48(28-30-50)49-31-33-52(34-32-49)64-43-63(51-23-19-46(44-75)20-24-51)79-74(80-64)53-25-21-47(45-76)22-26-53)40-66(78-2)73(65)83-71-37-35-55(81-67-15-7-3-11-57(67)58-12-4-8-16-68(58)81)41-61(71)62-42-56(36-38-72(62)83)82-69-17-9-5-13-59(69)60-14-6-10-18-70(60)82/h3-43H. The predicted molar refractivity (Wildman–Crippen MR) is 334 cm³/mol. The van der Waals surface area contributed by atoms with Crippen molar-refractivity contribution in [1.29, 1.82) is 10.5 Å². The van der Waals surface area contributed by atoms with Crippen LogP contribution in [0.4, 0.5) is 11.4 Å². The summed E-state index contributed by atoms with van der Waals surface area (Å²) in [6, 6.07) is 88.4. The predicted octanol–water partition coefficient (Wildman–Crippen LogP) is 18.9. The van der Waals surface area contributed by atoms with Gasteiger partial charge in [0.05, 0.1) is 86.6 Å². The first-order chi connectivity index (χ1) is 40.9. The van der Waals surface area contributed by atoms with Crippen LogP contribution < -0.4 is 0 Å². The Morgan fingerprint density at radius 2 is 0.651 bits per heavy atom. The monoisotopic (exact) mass is 1060 g/mol. The van der Waals surface area contributed by atoms with Crippen molar-refractivity contribution in [2.75, 3.05) is 0 Å². The topological polar surface area (TPSA) is 96.9 Å². The van der Waals surface area contributed by atoms with Crippen molar-refractivity contribution in [3.05, 3.63) is 283 Å². The van der Waals surface area contributed by atoms with E-state index < -0.39 is 0 Å². The first-order valence-electron chi connectivity index (χ1n) is 27.1. The molecule has 0 saturated heterocycles. The van der Waals surface area contributed by atoms with Gasteiger partial charge in [-0.1, -0.05) is 133 Å². The molecule has 11 aromatic carbocycles.